The zero-order chi connectivity index (χ0) is 11.0. The molecule has 1 rings (SSSR count). The molecule has 0 unspecified atom stereocenters. The average Bonchev–Trinajstić information content (AvgIpc) is 2.25. The van der Waals surface area contributed by atoms with E-state index in [1.54, 1.807) is 12.4 Å². The second-order valence-electron chi connectivity index (χ2n) is 2.13. The Kier molecular flexibility index (Phi) is 5.94. The fourth-order valence-electron chi connectivity index (χ4n) is 0.836. The molecule has 0 amide bonds. The van der Waals surface area contributed by atoms with Gasteiger partial charge in [0.05, 0.1) is 5.69 Å². The predicted octanol–water partition coefficient (Wildman–Crippen LogP) is 2.38. The Morgan fingerprint density at radius 2 is 1.93 bits per heavy atom. The Morgan fingerprint density at radius 1 is 1.36 bits per heavy atom. The van der Waals surface area contributed by atoms with E-state index in [9.17, 15) is 0 Å². The quantitative estimate of drug-likeness (QED) is 0.545. The lowest BCUT2D eigenvalue weighted by molar-refractivity contribution is 0.989. The molecule has 14 heavy (non-hydrogen) atoms. The van der Waals surface area contributed by atoms with Gasteiger partial charge in [0.15, 0.2) is 5.82 Å². The van der Waals surface area contributed by atoms with Crippen molar-refractivity contribution in [2.75, 3.05) is 5.01 Å². The first kappa shape index (κ1) is 12.3. The second kappa shape index (κ2) is 6.77. The van der Waals surface area contributed by atoms with E-state index in [0.29, 0.717) is 5.82 Å². The number of hydrazone groups is 1. The molecular weight excluding hydrogens is 176 g/mol. The molecule has 0 atom stereocenters. The van der Waals surface area contributed by atoms with Gasteiger partial charge < -0.3 is 0 Å². The van der Waals surface area contributed by atoms with Crippen molar-refractivity contribution in [1.29, 1.82) is 0 Å². The van der Waals surface area contributed by atoms with Crippen molar-refractivity contribution < 1.29 is 0 Å². The molecular formula is C10H16N4. The molecule has 0 fully saturated rings. The van der Waals surface area contributed by atoms with Crippen molar-refractivity contribution in [1.82, 2.24) is 9.97 Å². The average molecular weight is 192 g/mol. The van der Waals surface area contributed by atoms with Crippen LogP contribution in [-0.4, -0.2) is 16.7 Å². The normalized spacial score (nSPS) is 8.21. The molecule has 1 heterocycles. The molecule has 0 saturated carbocycles. The third-order valence-corrected chi connectivity index (χ3v) is 1.40. The molecule has 1 aromatic heterocycles. The van der Waals surface area contributed by atoms with Gasteiger partial charge in [-0.3, -0.25) is 4.98 Å². The minimum absolute atomic E-state index is 0.655. The van der Waals surface area contributed by atoms with E-state index in [1.807, 2.05) is 20.8 Å². The van der Waals surface area contributed by atoms with Gasteiger partial charge in [-0.1, -0.05) is 20.4 Å². The number of hydrogen-bond donors (Lipinski definition) is 0. The first-order chi connectivity index (χ1) is 6.79. The van der Waals surface area contributed by atoms with E-state index in [-0.39, 0.29) is 0 Å². The fourth-order valence-corrected chi connectivity index (χ4v) is 0.836. The van der Waals surface area contributed by atoms with Crippen LogP contribution in [0.25, 0.3) is 0 Å². The zero-order valence-corrected chi connectivity index (χ0v) is 8.94. The van der Waals surface area contributed by atoms with Crippen molar-refractivity contribution in [3.05, 3.63) is 30.9 Å². The standard InChI is InChI=1S/C8H10N4.C2H6/c1-4-12(9-3)8-7(2)10-5-6-11-8;1-2/h4-6H,1,3H2,2H3;1-2H3. The summed E-state index contributed by atoms with van der Waals surface area (Å²) in [5.74, 6) is 0.655. The third-order valence-electron chi connectivity index (χ3n) is 1.40. The van der Waals surface area contributed by atoms with Gasteiger partial charge in [0.25, 0.3) is 0 Å². The van der Waals surface area contributed by atoms with Crippen molar-refractivity contribution in [3.8, 4) is 0 Å². The lowest BCUT2D eigenvalue weighted by atomic mass is 10.4. The largest absolute Gasteiger partial charge is 0.256 e. The van der Waals surface area contributed by atoms with Crippen LogP contribution >= 0.6 is 0 Å². The van der Waals surface area contributed by atoms with Crippen LogP contribution in [0.5, 0.6) is 0 Å². The smallest absolute Gasteiger partial charge is 0.174 e. The van der Waals surface area contributed by atoms with Crippen LogP contribution in [-0.2, 0) is 0 Å². The highest BCUT2D eigenvalue weighted by atomic mass is 15.5. The van der Waals surface area contributed by atoms with E-state index in [0.717, 1.165) is 5.69 Å². The summed E-state index contributed by atoms with van der Waals surface area (Å²) >= 11 is 0. The SMILES string of the molecule is C=CN(N=C)c1nccnc1C.CC. The van der Waals surface area contributed by atoms with Crippen LogP contribution in [0.2, 0.25) is 0 Å². The van der Waals surface area contributed by atoms with E-state index in [1.165, 1.54) is 11.2 Å². The summed E-state index contributed by atoms with van der Waals surface area (Å²) in [6.45, 7) is 12.8. The molecule has 0 aliphatic heterocycles. The van der Waals surface area contributed by atoms with Crippen molar-refractivity contribution >= 4 is 12.5 Å². The molecule has 4 nitrogen and oxygen atoms in total. The van der Waals surface area contributed by atoms with Crippen LogP contribution in [0.3, 0.4) is 0 Å². The van der Waals surface area contributed by atoms with Crippen molar-refractivity contribution in [3.63, 3.8) is 0 Å². The van der Waals surface area contributed by atoms with Crippen molar-refractivity contribution in [2.24, 2.45) is 5.10 Å². The molecule has 4 heteroatoms. The summed E-state index contributed by atoms with van der Waals surface area (Å²) < 4.78 is 0. The number of aryl methyl sites for hydroxylation is 1. The molecule has 0 aliphatic rings. The number of anilines is 1. The predicted molar refractivity (Wildman–Crippen MR) is 60.3 cm³/mol. The first-order valence-electron chi connectivity index (χ1n) is 4.45. The number of rotatable bonds is 3. The monoisotopic (exact) mass is 192 g/mol. The van der Waals surface area contributed by atoms with Crippen LogP contribution in [0.4, 0.5) is 5.82 Å². The van der Waals surface area contributed by atoms with Gasteiger partial charge in [0, 0.05) is 25.3 Å². The molecule has 0 bridgehead atoms. The Morgan fingerprint density at radius 3 is 2.36 bits per heavy atom. The maximum atomic E-state index is 4.08. The Labute approximate surface area is 85.0 Å². The molecule has 0 aliphatic carbocycles. The summed E-state index contributed by atoms with van der Waals surface area (Å²) in [5.41, 5.74) is 0.796. The third kappa shape index (κ3) is 2.97. The number of aromatic nitrogens is 2. The highest BCUT2D eigenvalue weighted by Crippen LogP contribution is 2.13. The van der Waals surface area contributed by atoms with Gasteiger partial charge >= 0.3 is 0 Å². The Bertz CT molecular complexity index is 288. The van der Waals surface area contributed by atoms with E-state index >= 15 is 0 Å². The van der Waals surface area contributed by atoms with Gasteiger partial charge in [-0.15, -0.1) is 0 Å². The zero-order valence-electron chi connectivity index (χ0n) is 8.94. The van der Waals surface area contributed by atoms with Gasteiger partial charge in [-0.25, -0.2) is 9.99 Å². The highest BCUT2D eigenvalue weighted by Gasteiger charge is 2.04. The molecule has 1 aromatic rings. The van der Waals surface area contributed by atoms with Gasteiger partial charge in [-0.2, -0.15) is 5.10 Å². The maximum absolute atomic E-state index is 4.08. The maximum Gasteiger partial charge on any atom is 0.174 e. The Hall–Kier alpha value is -1.71. The highest BCUT2D eigenvalue weighted by molar-refractivity contribution is 5.46. The van der Waals surface area contributed by atoms with Crippen LogP contribution in [0.1, 0.15) is 19.5 Å². The molecule has 0 spiro atoms. The lowest BCUT2D eigenvalue weighted by Gasteiger charge is -2.12. The van der Waals surface area contributed by atoms with Gasteiger partial charge in [0.2, 0.25) is 0 Å². The minimum atomic E-state index is 0.655. The van der Waals surface area contributed by atoms with E-state index in [2.05, 4.69) is 28.4 Å². The van der Waals surface area contributed by atoms with Gasteiger partial charge in [0.1, 0.15) is 0 Å². The Balaban J connectivity index is 0.000000791. The van der Waals surface area contributed by atoms with E-state index in [4.69, 9.17) is 0 Å². The van der Waals surface area contributed by atoms with Crippen LogP contribution in [0.15, 0.2) is 30.3 Å². The molecule has 0 saturated heterocycles. The summed E-state index contributed by atoms with van der Waals surface area (Å²) in [6.07, 6.45) is 4.76. The van der Waals surface area contributed by atoms with Crippen LogP contribution in [0, 0.1) is 6.92 Å². The topological polar surface area (TPSA) is 41.4 Å². The van der Waals surface area contributed by atoms with Crippen LogP contribution < -0.4 is 5.01 Å². The number of hydrogen-bond acceptors (Lipinski definition) is 4. The first-order valence-corrected chi connectivity index (χ1v) is 4.45. The molecule has 0 radical (unpaired) electrons. The molecule has 76 valence electrons. The summed E-state index contributed by atoms with van der Waals surface area (Å²) in [7, 11) is 0. The van der Waals surface area contributed by atoms with Crippen molar-refractivity contribution in [2.45, 2.75) is 20.8 Å². The lowest BCUT2D eigenvalue weighted by Crippen LogP contribution is -2.09. The number of nitrogens with zero attached hydrogens (tertiary/aromatic N) is 4. The summed E-state index contributed by atoms with van der Waals surface area (Å²) in [4.78, 5) is 8.13. The molecule has 0 N–H and O–H groups in total. The summed E-state index contributed by atoms with van der Waals surface area (Å²) in [5, 5.41) is 5.17. The second-order valence-corrected chi connectivity index (χ2v) is 2.13. The van der Waals surface area contributed by atoms with E-state index < -0.39 is 0 Å². The fraction of sp³-hybridized carbons (Fsp3) is 0.300. The molecule has 0 aromatic carbocycles. The van der Waals surface area contributed by atoms with Gasteiger partial charge in [-0.05, 0) is 6.92 Å². The minimum Gasteiger partial charge on any atom is -0.256 e. The summed E-state index contributed by atoms with van der Waals surface area (Å²) in [6, 6.07) is 0.